The van der Waals surface area contributed by atoms with Crippen molar-refractivity contribution in [2.45, 2.75) is 38.9 Å². The molecule has 2 aromatic carbocycles. The number of hydrogen-bond donors (Lipinski definition) is 1. The van der Waals surface area contributed by atoms with Crippen LogP contribution in [0.5, 0.6) is 11.6 Å². The Kier molecular flexibility index (Phi) is 8.49. The minimum Gasteiger partial charge on any atom is -0.490 e. The van der Waals surface area contributed by atoms with Crippen LogP contribution in [0.2, 0.25) is 0 Å². The summed E-state index contributed by atoms with van der Waals surface area (Å²) in [5.41, 5.74) is 1.25. The van der Waals surface area contributed by atoms with Crippen LogP contribution in [0, 0.1) is 17.5 Å². The summed E-state index contributed by atoms with van der Waals surface area (Å²) in [6.07, 6.45) is 3.91. The number of pyridine rings is 1. The Bertz CT molecular complexity index is 1090. The minimum absolute atomic E-state index is 0.0471. The normalized spacial score (nSPS) is 11.8. The molecule has 0 bridgehead atoms. The molecule has 7 heteroatoms. The number of ether oxygens (including phenoxy) is 2. The molecule has 4 nitrogen and oxygen atoms in total. The molecule has 1 atom stereocenters. The van der Waals surface area contributed by atoms with E-state index in [2.05, 4.69) is 11.6 Å². The second-order valence-corrected chi connectivity index (χ2v) is 7.50. The standard InChI is InChI=1S/C26H26F3NO3/c1-3-5-13-32-23-11-10-19(25(28)26(23)29)18-8-12-24(30-15-18)33-16-17-7-9-20(21(27)14-17)22(31)6-4-2/h3,7-12,14-15,22,31H,1,4-6,13,16H2,2H3. The summed E-state index contributed by atoms with van der Waals surface area (Å²) in [6.45, 7) is 5.74. The molecule has 33 heavy (non-hydrogen) atoms. The van der Waals surface area contributed by atoms with E-state index in [1.54, 1.807) is 24.3 Å². The molecule has 174 valence electrons. The first kappa shape index (κ1) is 24.3. The molecular formula is C26H26F3NO3. The Morgan fingerprint density at radius 2 is 1.88 bits per heavy atom. The lowest BCUT2D eigenvalue weighted by Crippen LogP contribution is -2.03. The van der Waals surface area contributed by atoms with Crippen LogP contribution in [0.25, 0.3) is 11.1 Å². The van der Waals surface area contributed by atoms with Gasteiger partial charge in [0.2, 0.25) is 11.7 Å². The lowest BCUT2D eigenvalue weighted by Gasteiger charge is -2.12. The van der Waals surface area contributed by atoms with Crippen LogP contribution in [0.3, 0.4) is 0 Å². The largest absolute Gasteiger partial charge is 0.490 e. The molecule has 0 radical (unpaired) electrons. The lowest BCUT2D eigenvalue weighted by molar-refractivity contribution is 0.161. The van der Waals surface area contributed by atoms with Crippen LogP contribution < -0.4 is 9.47 Å². The van der Waals surface area contributed by atoms with Gasteiger partial charge >= 0.3 is 0 Å². The van der Waals surface area contributed by atoms with Crippen LogP contribution in [-0.2, 0) is 6.61 Å². The number of hydrogen-bond acceptors (Lipinski definition) is 4. The number of aromatic nitrogens is 1. The lowest BCUT2D eigenvalue weighted by atomic mass is 10.0. The molecule has 3 aromatic rings. The second-order valence-electron chi connectivity index (χ2n) is 7.50. The van der Waals surface area contributed by atoms with Crippen molar-refractivity contribution >= 4 is 0 Å². The average Bonchev–Trinajstić information content (AvgIpc) is 2.81. The van der Waals surface area contributed by atoms with Gasteiger partial charge in [-0.3, -0.25) is 0 Å². The topological polar surface area (TPSA) is 51.6 Å². The molecular weight excluding hydrogens is 431 g/mol. The molecule has 0 fully saturated rings. The molecule has 1 N–H and O–H groups in total. The summed E-state index contributed by atoms with van der Waals surface area (Å²) >= 11 is 0. The zero-order chi connectivity index (χ0) is 23.8. The third kappa shape index (κ3) is 6.14. The van der Waals surface area contributed by atoms with Gasteiger partial charge in [-0.15, -0.1) is 6.58 Å². The van der Waals surface area contributed by atoms with E-state index in [0.29, 0.717) is 24.0 Å². The van der Waals surface area contributed by atoms with Gasteiger partial charge in [-0.2, -0.15) is 4.39 Å². The molecule has 0 saturated carbocycles. The minimum atomic E-state index is -1.06. The summed E-state index contributed by atoms with van der Waals surface area (Å²) in [5.74, 6) is -2.49. The maximum atomic E-state index is 14.5. The van der Waals surface area contributed by atoms with E-state index in [4.69, 9.17) is 9.47 Å². The van der Waals surface area contributed by atoms with Gasteiger partial charge in [-0.05, 0) is 42.7 Å². The van der Waals surface area contributed by atoms with E-state index in [-0.39, 0.29) is 36.0 Å². The predicted octanol–water partition coefficient (Wildman–Crippen LogP) is 6.53. The van der Waals surface area contributed by atoms with Gasteiger partial charge in [0, 0.05) is 29.0 Å². The van der Waals surface area contributed by atoms with E-state index in [1.165, 1.54) is 30.5 Å². The number of benzene rings is 2. The number of nitrogens with zero attached hydrogens (tertiary/aromatic N) is 1. The second kappa shape index (κ2) is 11.5. The maximum absolute atomic E-state index is 14.5. The molecule has 1 unspecified atom stereocenters. The molecule has 0 aliphatic rings. The zero-order valence-electron chi connectivity index (χ0n) is 18.4. The number of aliphatic hydroxyl groups is 1. The van der Waals surface area contributed by atoms with Crippen molar-refractivity contribution < 1.29 is 27.8 Å². The summed E-state index contributed by atoms with van der Waals surface area (Å²) in [7, 11) is 0. The molecule has 0 aliphatic carbocycles. The van der Waals surface area contributed by atoms with Gasteiger partial charge in [0.15, 0.2) is 11.6 Å². The smallest absolute Gasteiger partial charge is 0.213 e. The van der Waals surface area contributed by atoms with Crippen LogP contribution in [0.4, 0.5) is 13.2 Å². The highest BCUT2D eigenvalue weighted by Crippen LogP contribution is 2.30. The fourth-order valence-electron chi connectivity index (χ4n) is 3.26. The Morgan fingerprint density at radius 3 is 2.55 bits per heavy atom. The zero-order valence-corrected chi connectivity index (χ0v) is 18.4. The van der Waals surface area contributed by atoms with Crippen molar-refractivity contribution in [1.82, 2.24) is 4.98 Å². The highest BCUT2D eigenvalue weighted by Gasteiger charge is 2.16. The van der Waals surface area contributed by atoms with Crippen LogP contribution >= 0.6 is 0 Å². The van der Waals surface area contributed by atoms with E-state index in [1.807, 2.05) is 6.92 Å². The van der Waals surface area contributed by atoms with Crippen LogP contribution in [0.15, 0.2) is 61.3 Å². The molecule has 0 aliphatic heterocycles. The van der Waals surface area contributed by atoms with Gasteiger partial charge in [0.25, 0.3) is 0 Å². The van der Waals surface area contributed by atoms with E-state index in [0.717, 1.165) is 6.42 Å². The van der Waals surface area contributed by atoms with Crippen molar-refractivity contribution in [3.05, 3.63) is 89.9 Å². The Morgan fingerprint density at radius 1 is 1.06 bits per heavy atom. The van der Waals surface area contributed by atoms with Crippen molar-refractivity contribution in [3.8, 4) is 22.8 Å². The Labute approximate surface area is 191 Å². The Balaban J connectivity index is 1.65. The molecule has 1 heterocycles. The van der Waals surface area contributed by atoms with Gasteiger partial charge < -0.3 is 14.6 Å². The predicted molar refractivity (Wildman–Crippen MR) is 120 cm³/mol. The highest BCUT2D eigenvalue weighted by atomic mass is 19.2. The fourth-order valence-corrected chi connectivity index (χ4v) is 3.26. The van der Waals surface area contributed by atoms with Gasteiger partial charge in [0.05, 0.1) is 12.7 Å². The van der Waals surface area contributed by atoms with Gasteiger partial charge in [-0.1, -0.05) is 31.6 Å². The SMILES string of the molecule is C=CCCOc1ccc(-c2ccc(OCc3ccc(C(O)CCC)c(F)c3)nc2)c(F)c1F. The van der Waals surface area contributed by atoms with E-state index >= 15 is 0 Å². The first-order valence-corrected chi connectivity index (χ1v) is 10.7. The number of rotatable bonds is 11. The van der Waals surface area contributed by atoms with Crippen LogP contribution in [-0.4, -0.2) is 16.7 Å². The summed E-state index contributed by atoms with van der Waals surface area (Å²) < 4.78 is 53.9. The third-order valence-electron chi connectivity index (χ3n) is 5.05. The van der Waals surface area contributed by atoms with E-state index < -0.39 is 23.6 Å². The van der Waals surface area contributed by atoms with Crippen LogP contribution in [0.1, 0.15) is 43.4 Å². The summed E-state index contributed by atoms with van der Waals surface area (Å²) in [4.78, 5) is 4.13. The van der Waals surface area contributed by atoms with Crippen molar-refractivity contribution in [2.24, 2.45) is 0 Å². The average molecular weight is 457 g/mol. The molecule has 3 rings (SSSR count). The van der Waals surface area contributed by atoms with Gasteiger partial charge in [-0.25, -0.2) is 13.8 Å². The molecule has 0 saturated heterocycles. The van der Waals surface area contributed by atoms with E-state index in [9.17, 15) is 18.3 Å². The molecule has 1 aromatic heterocycles. The number of aliphatic hydroxyl groups excluding tert-OH is 1. The first-order valence-electron chi connectivity index (χ1n) is 10.7. The third-order valence-corrected chi connectivity index (χ3v) is 5.05. The fraction of sp³-hybridized carbons (Fsp3) is 0.269. The molecule has 0 spiro atoms. The van der Waals surface area contributed by atoms with Crippen molar-refractivity contribution in [2.75, 3.05) is 6.61 Å². The maximum Gasteiger partial charge on any atom is 0.213 e. The quantitative estimate of drug-likeness (QED) is 0.263. The van der Waals surface area contributed by atoms with Crippen molar-refractivity contribution in [3.63, 3.8) is 0 Å². The first-order chi connectivity index (χ1) is 15.9. The van der Waals surface area contributed by atoms with Gasteiger partial charge in [0.1, 0.15) is 12.4 Å². The highest BCUT2D eigenvalue weighted by molar-refractivity contribution is 5.64. The van der Waals surface area contributed by atoms with Crippen molar-refractivity contribution in [1.29, 1.82) is 0 Å². The summed E-state index contributed by atoms with van der Waals surface area (Å²) in [5, 5.41) is 9.98. The monoisotopic (exact) mass is 457 g/mol. The molecule has 0 amide bonds. The number of halogens is 3. The Hall–Kier alpha value is -3.32. The summed E-state index contributed by atoms with van der Waals surface area (Å²) in [6, 6.07) is 10.4.